The van der Waals surface area contributed by atoms with Crippen molar-refractivity contribution < 1.29 is 9.13 Å². The lowest BCUT2D eigenvalue weighted by Gasteiger charge is -2.13. The average Bonchev–Trinajstić information content (AvgIpc) is 2.81. The van der Waals surface area contributed by atoms with Crippen molar-refractivity contribution in [3.8, 4) is 16.9 Å². The van der Waals surface area contributed by atoms with Gasteiger partial charge in [0.1, 0.15) is 17.7 Å². The lowest BCUT2D eigenvalue weighted by molar-refractivity contribution is 0.232. The number of nitrogens with one attached hydrogen (secondary N) is 1. The fourth-order valence-electron chi connectivity index (χ4n) is 2.62. The van der Waals surface area contributed by atoms with E-state index in [0.717, 1.165) is 29.0 Å². The van der Waals surface area contributed by atoms with Crippen LogP contribution in [0, 0.1) is 5.82 Å². The molecule has 1 N–H and O–H groups in total. The van der Waals surface area contributed by atoms with E-state index in [9.17, 15) is 4.39 Å². The number of hydrogen-bond donors (Lipinski definition) is 1. The molecule has 104 valence electrons. The Morgan fingerprint density at radius 2 is 2.10 bits per heavy atom. The average molecular weight is 292 g/mol. The number of halogens is 2. The molecular weight excluding hydrogens is 277 g/mol. The Kier molecular flexibility index (Phi) is 3.64. The molecule has 3 rings (SSSR count). The minimum atomic E-state index is -0.257. The molecule has 2 aromatic carbocycles. The molecule has 1 atom stereocenters. The summed E-state index contributed by atoms with van der Waals surface area (Å²) in [5.74, 6) is 0.493. The predicted octanol–water partition coefficient (Wildman–Crippen LogP) is 3.67. The first-order chi connectivity index (χ1) is 9.69. The minimum Gasteiger partial charge on any atom is -0.488 e. The molecule has 4 heteroatoms. The number of fused-ring (bicyclic) bond motifs is 1. The normalized spacial score (nSPS) is 16.9. The van der Waals surface area contributed by atoms with Crippen LogP contribution in [0.15, 0.2) is 36.4 Å². The maximum atomic E-state index is 13.8. The van der Waals surface area contributed by atoms with Crippen LogP contribution in [0.5, 0.6) is 5.75 Å². The fraction of sp³-hybridized carbons (Fsp3) is 0.250. The highest BCUT2D eigenvalue weighted by atomic mass is 35.5. The third-order valence-electron chi connectivity index (χ3n) is 3.46. The summed E-state index contributed by atoms with van der Waals surface area (Å²) in [5, 5.41) is 3.68. The molecule has 0 saturated heterocycles. The maximum absolute atomic E-state index is 13.8. The summed E-state index contributed by atoms with van der Waals surface area (Å²) >= 11 is 6.22. The van der Waals surface area contributed by atoms with Crippen LogP contribution in [0.1, 0.15) is 5.56 Å². The summed E-state index contributed by atoms with van der Waals surface area (Å²) in [6, 6.07) is 10.5. The molecule has 2 nitrogen and oxygen atoms in total. The second-order valence-corrected chi connectivity index (χ2v) is 5.33. The zero-order chi connectivity index (χ0) is 14.1. The van der Waals surface area contributed by atoms with Crippen LogP contribution < -0.4 is 10.1 Å². The molecule has 0 spiro atoms. The number of benzene rings is 2. The topological polar surface area (TPSA) is 21.3 Å². The molecule has 0 aliphatic carbocycles. The van der Waals surface area contributed by atoms with E-state index in [2.05, 4.69) is 5.32 Å². The summed E-state index contributed by atoms with van der Waals surface area (Å²) in [5.41, 5.74) is 2.43. The van der Waals surface area contributed by atoms with Crippen molar-refractivity contribution in [1.29, 1.82) is 0 Å². The van der Waals surface area contributed by atoms with Gasteiger partial charge in [-0.05, 0) is 25.2 Å². The van der Waals surface area contributed by atoms with Gasteiger partial charge in [-0.3, -0.25) is 0 Å². The smallest absolute Gasteiger partial charge is 0.131 e. The van der Waals surface area contributed by atoms with E-state index in [1.54, 1.807) is 12.1 Å². The molecule has 1 heterocycles. The first-order valence-electron chi connectivity index (χ1n) is 6.57. The van der Waals surface area contributed by atoms with E-state index >= 15 is 0 Å². The molecule has 20 heavy (non-hydrogen) atoms. The van der Waals surface area contributed by atoms with Gasteiger partial charge in [-0.2, -0.15) is 0 Å². The van der Waals surface area contributed by atoms with Crippen molar-refractivity contribution in [3.05, 3.63) is 52.8 Å². The summed E-state index contributed by atoms with van der Waals surface area (Å²) in [4.78, 5) is 0. The van der Waals surface area contributed by atoms with E-state index < -0.39 is 0 Å². The largest absolute Gasteiger partial charge is 0.488 e. The Morgan fingerprint density at radius 3 is 2.85 bits per heavy atom. The van der Waals surface area contributed by atoms with Gasteiger partial charge in [-0.1, -0.05) is 29.8 Å². The SMILES string of the molecule is CNCC1Cc2cc(F)cc(-c3ccccc3Cl)c2O1. The lowest BCUT2D eigenvalue weighted by atomic mass is 10.00. The Morgan fingerprint density at radius 1 is 1.30 bits per heavy atom. The second kappa shape index (κ2) is 5.43. The molecule has 0 aromatic heterocycles. The fourth-order valence-corrected chi connectivity index (χ4v) is 2.85. The first-order valence-corrected chi connectivity index (χ1v) is 6.95. The summed E-state index contributed by atoms with van der Waals surface area (Å²) in [6.45, 7) is 0.734. The molecule has 0 radical (unpaired) electrons. The highest BCUT2D eigenvalue weighted by molar-refractivity contribution is 6.33. The van der Waals surface area contributed by atoms with E-state index in [1.807, 2.05) is 25.2 Å². The van der Waals surface area contributed by atoms with Crippen molar-refractivity contribution in [2.24, 2.45) is 0 Å². The van der Waals surface area contributed by atoms with E-state index in [0.29, 0.717) is 11.4 Å². The number of rotatable bonds is 3. The van der Waals surface area contributed by atoms with Gasteiger partial charge in [0.05, 0.1) is 0 Å². The van der Waals surface area contributed by atoms with E-state index in [4.69, 9.17) is 16.3 Å². The zero-order valence-electron chi connectivity index (χ0n) is 11.1. The zero-order valence-corrected chi connectivity index (χ0v) is 11.9. The van der Waals surface area contributed by atoms with Crippen LogP contribution in [-0.4, -0.2) is 19.7 Å². The second-order valence-electron chi connectivity index (χ2n) is 4.92. The number of hydrogen-bond acceptors (Lipinski definition) is 2. The Hall–Kier alpha value is -1.58. The van der Waals surface area contributed by atoms with Crippen LogP contribution >= 0.6 is 11.6 Å². The Bertz CT molecular complexity index is 644. The van der Waals surface area contributed by atoms with Crippen LogP contribution in [0.3, 0.4) is 0 Å². The number of likely N-dealkylation sites (N-methyl/N-ethyl adjacent to an activating group) is 1. The monoisotopic (exact) mass is 291 g/mol. The van der Waals surface area contributed by atoms with Crippen molar-refractivity contribution >= 4 is 11.6 Å². The molecule has 1 aliphatic rings. The molecule has 0 amide bonds. The predicted molar refractivity (Wildman–Crippen MR) is 78.9 cm³/mol. The lowest BCUT2D eigenvalue weighted by Crippen LogP contribution is -2.27. The Balaban J connectivity index is 2.08. The maximum Gasteiger partial charge on any atom is 0.131 e. The molecule has 0 bridgehead atoms. The molecule has 0 saturated carbocycles. The summed E-state index contributed by atoms with van der Waals surface area (Å²) < 4.78 is 19.8. The van der Waals surface area contributed by atoms with Gasteiger partial charge in [0.15, 0.2) is 0 Å². The van der Waals surface area contributed by atoms with Crippen LogP contribution in [-0.2, 0) is 6.42 Å². The van der Waals surface area contributed by atoms with E-state index in [1.165, 1.54) is 6.07 Å². The summed E-state index contributed by atoms with van der Waals surface area (Å²) in [7, 11) is 1.88. The van der Waals surface area contributed by atoms with Crippen molar-refractivity contribution in [1.82, 2.24) is 5.32 Å². The van der Waals surface area contributed by atoms with Gasteiger partial charge in [0, 0.05) is 34.7 Å². The van der Waals surface area contributed by atoms with Crippen molar-refractivity contribution in [2.45, 2.75) is 12.5 Å². The standard InChI is InChI=1S/C16H15ClFNO/c1-19-9-12-7-10-6-11(18)8-14(16(10)20-12)13-4-2-3-5-15(13)17/h2-6,8,12,19H,7,9H2,1H3. The van der Waals surface area contributed by atoms with Crippen LogP contribution in [0.4, 0.5) is 4.39 Å². The van der Waals surface area contributed by atoms with Gasteiger partial charge in [-0.15, -0.1) is 0 Å². The van der Waals surface area contributed by atoms with E-state index in [-0.39, 0.29) is 11.9 Å². The highest BCUT2D eigenvalue weighted by Gasteiger charge is 2.27. The summed E-state index contributed by atoms with van der Waals surface area (Å²) in [6.07, 6.45) is 0.754. The quantitative estimate of drug-likeness (QED) is 0.932. The van der Waals surface area contributed by atoms with Crippen LogP contribution in [0.25, 0.3) is 11.1 Å². The highest BCUT2D eigenvalue weighted by Crippen LogP contribution is 2.41. The van der Waals surface area contributed by atoms with Gasteiger partial charge >= 0.3 is 0 Å². The van der Waals surface area contributed by atoms with Gasteiger partial charge in [0.2, 0.25) is 0 Å². The Labute approximate surface area is 122 Å². The molecule has 1 aliphatic heterocycles. The van der Waals surface area contributed by atoms with Gasteiger partial charge in [-0.25, -0.2) is 4.39 Å². The van der Waals surface area contributed by atoms with Gasteiger partial charge in [0.25, 0.3) is 0 Å². The third kappa shape index (κ3) is 2.39. The molecule has 2 aromatic rings. The molecular formula is C16H15ClFNO. The first kappa shape index (κ1) is 13.4. The van der Waals surface area contributed by atoms with Crippen LogP contribution in [0.2, 0.25) is 5.02 Å². The van der Waals surface area contributed by atoms with Gasteiger partial charge < -0.3 is 10.1 Å². The minimum absolute atomic E-state index is 0.0398. The third-order valence-corrected chi connectivity index (χ3v) is 3.79. The van der Waals surface area contributed by atoms with Crippen molar-refractivity contribution in [3.63, 3.8) is 0 Å². The molecule has 0 fully saturated rings. The molecule has 1 unspecified atom stereocenters. The van der Waals surface area contributed by atoms with Crippen molar-refractivity contribution in [2.75, 3.05) is 13.6 Å². The number of ether oxygens (including phenoxy) is 1.